The number of hydrogen-bond acceptors (Lipinski definition) is 4. The van der Waals surface area contributed by atoms with E-state index in [0.29, 0.717) is 23.2 Å². The fourth-order valence-electron chi connectivity index (χ4n) is 3.11. The van der Waals surface area contributed by atoms with E-state index in [4.69, 9.17) is 14.2 Å². The van der Waals surface area contributed by atoms with E-state index in [1.165, 1.54) is 19.3 Å². The molecule has 5 heteroatoms. The van der Waals surface area contributed by atoms with Gasteiger partial charge in [-0.25, -0.2) is 0 Å². The second-order valence-corrected chi connectivity index (χ2v) is 6.16. The van der Waals surface area contributed by atoms with Crippen molar-refractivity contribution in [3.8, 4) is 17.2 Å². The minimum absolute atomic E-state index is 0.0782. The van der Waals surface area contributed by atoms with Crippen LogP contribution in [-0.2, 0) is 4.79 Å². The van der Waals surface area contributed by atoms with E-state index in [0.717, 1.165) is 12.0 Å². The zero-order valence-electron chi connectivity index (χ0n) is 14.9. The molecule has 0 spiro atoms. The second-order valence-electron chi connectivity index (χ2n) is 6.16. The standard InChI is InChI=1S/C19H27NO4/c1-13-7-5-6-8-15(13)20-19(21)10-9-14-11-17(23-3)18(24-4)12-16(14)22-2/h9-13,15H,5-8H2,1-4H3,(H,20,21)/b10-9+/t13-,15-/m0/s1. The summed E-state index contributed by atoms with van der Waals surface area (Å²) < 4.78 is 15.9. The number of hydrogen-bond donors (Lipinski definition) is 1. The Morgan fingerprint density at radius 2 is 1.67 bits per heavy atom. The Balaban J connectivity index is 2.11. The molecular weight excluding hydrogens is 306 g/mol. The Bertz CT molecular complexity index is 597. The third-order valence-corrected chi connectivity index (χ3v) is 4.59. The highest BCUT2D eigenvalue weighted by atomic mass is 16.5. The number of rotatable bonds is 6. The van der Waals surface area contributed by atoms with Crippen molar-refractivity contribution in [3.63, 3.8) is 0 Å². The lowest BCUT2D eigenvalue weighted by molar-refractivity contribution is -0.117. The van der Waals surface area contributed by atoms with Crippen LogP contribution in [0.2, 0.25) is 0 Å². The van der Waals surface area contributed by atoms with Gasteiger partial charge in [-0.1, -0.05) is 19.8 Å². The molecule has 0 radical (unpaired) electrons. The maximum Gasteiger partial charge on any atom is 0.244 e. The average Bonchev–Trinajstić information content (AvgIpc) is 2.61. The van der Waals surface area contributed by atoms with Crippen molar-refractivity contribution in [3.05, 3.63) is 23.8 Å². The Morgan fingerprint density at radius 1 is 1.04 bits per heavy atom. The third kappa shape index (κ3) is 4.43. The molecule has 0 unspecified atom stereocenters. The molecule has 1 N–H and O–H groups in total. The summed E-state index contributed by atoms with van der Waals surface area (Å²) in [5.41, 5.74) is 0.766. The number of amides is 1. The van der Waals surface area contributed by atoms with Gasteiger partial charge in [0, 0.05) is 23.7 Å². The maximum absolute atomic E-state index is 12.2. The van der Waals surface area contributed by atoms with Gasteiger partial charge < -0.3 is 19.5 Å². The molecule has 1 aliphatic rings. The molecule has 1 amide bonds. The zero-order valence-corrected chi connectivity index (χ0v) is 14.9. The van der Waals surface area contributed by atoms with E-state index in [2.05, 4.69) is 12.2 Å². The van der Waals surface area contributed by atoms with Crippen LogP contribution in [0.25, 0.3) is 6.08 Å². The quantitative estimate of drug-likeness (QED) is 0.811. The molecule has 2 rings (SSSR count). The largest absolute Gasteiger partial charge is 0.496 e. The van der Waals surface area contributed by atoms with Gasteiger partial charge in [0.1, 0.15) is 5.75 Å². The van der Waals surface area contributed by atoms with E-state index in [-0.39, 0.29) is 11.9 Å². The molecule has 0 aromatic heterocycles. The lowest BCUT2D eigenvalue weighted by Crippen LogP contribution is -2.40. The molecule has 0 bridgehead atoms. The Morgan fingerprint density at radius 3 is 2.29 bits per heavy atom. The Labute approximate surface area is 144 Å². The predicted molar refractivity (Wildman–Crippen MR) is 94.7 cm³/mol. The highest BCUT2D eigenvalue weighted by Gasteiger charge is 2.22. The first-order valence-corrected chi connectivity index (χ1v) is 8.37. The van der Waals surface area contributed by atoms with E-state index < -0.39 is 0 Å². The smallest absolute Gasteiger partial charge is 0.244 e. The van der Waals surface area contributed by atoms with Crippen LogP contribution in [0, 0.1) is 5.92 Å². The van der Waals surface area contributed by atoms with Crippen molar-refractivity contribution < 1.29 is 19.0 Å². The Hall–Kier alpha value is -2.17. The summed E-state index contributed by atoms with van der Waals surface area (Å²) in [6, 6.07) is 3.81. The van der Waals surface area contributed by atoms with Crippen LogP contribution in [0.1, 0.15) is 38.2 Å². The van der Waals surface area contributed by atoms with E-state index in [1.807, 2.05) is 0 Å². The van der Waals surface area contributed by atoms with E-state index in [1.54, 1.807) is 45.6 Å². The number of methoxy groups -OCH3 is 3. The monoisotopic (exact) mass is 333 g/mol. The van der Waals surface area contributed by atoms with Crippen LogP contribution in [0.3, 0.4) is 0 Å². The van der Waals surface area contributed by atoms with Crippen LogP contribution in [0.4, 0.5) is 0 Å². The fraction of sp³-hybridized carbons (Fsp3) is 0.526. The third-order valence-electron chi connectivity index (χ3n) is 4.59. The van der Waals surface area contributed by atoms with Gasteiger partial charge in [0.25, 0.3) is 0 Å². The molecule has 24 heavy (non-hydrogen) atoms. The lowest BCUT2D eigenvalue weighted by Gasteiger charge is -2.29. The molecule has 1 aliphatic carbocycles. The first-order valence-electron chi connectivity index (χ1n) is 8.37. The number of carbonyl (C=O) groups excluding carboxylic acids is 1. The second kappa shape index (κ2) is 8.62. The summed E-state index contributed by atoms with van der Waals surface area (Å²) in [5, 5.41) is 3.11. The normalized spacial score (nSPS) is 20.7. The van der Waals surface area contributed by atoms with E-state index in [9.17, 15) is 4.79 Å². The first kappa shape index (κ1) is 18.2. The van der Waals surface area contributed by atoms with Crippen molar-refractivity contribution in [1.82, 2.24) is 5.32 Å². The van der Waals surface area contributed by atoms with E-state index >= 15 is 0 Å². The number of nitrogens with one attached hydrogen (secondary N) is 1. The van der Waals surface area contributed by atoms with Crippen LogP contribution >= 0.6 is 0 Å². The average molecular weight is 333 g/mol. The minimum atomic E-state index is -0.0782. The molecule has 1 aromatic carbocycles. The van der Waals surface area contributed by atoms with Crippen molar-refractivity contribution >= 4 is 12.0 Å². The number of benzene rings is 1. The zero-order chi connectivity index (χ0) is 17.5. The van der Waals surface area contributed by atoms with Gasteiger partial charge in [0.05, 0.1) is 21.3 Å². The molecule has 0 heterocycles. The number of carbonyl (C=O) groups is 1. The van der Waals surface area contributed by atoms with Gasteiger partial charge in [0.2, 0.25) is 5.91 Å². The Kier molecular flexibility index (Phi) is 6.53. The van der Waals surface area contributed by atoms with Crippen molar-refractivity contribution in [2.45, 2.75) is 38.6 Å². The van der Waals surface area contributed by atoms with Gasteiger partial charge in [-0.15, -0.1) is 0 Å². The van der Waals surface area contributed by atoms with Gasteiger partial charge in [-0.2, -0.15) is 0 Å². The molecule has 2 atom stereocenters. The highest BCUT2D eigenvalue weighted by Crippen LogP contribution is 2.35. The van der Waals surface area contributed by atoms with Crippen LogP contribution in [0.5, 0.6) is 17.2 Å². The summed E-state index contributed by atoms with van der Waals surface area (Å²) in [6.07, 6.45) is 7.96. The summed E-state index contributed by atoms with van der Waals surface area (Å²) in [6.45, 7) is 2.20. The minimum Gasteiger partial charge on any atom is -0.496 e. The van der Waals surface area contributed by atoms with Crippen molar-refractivity contribution in [2.24, 2.45) is 5.92 Å². The first-order chi connectivity index (χ1) is 11.6. The number of ether oxygens (including phenoxy) is 3. The molecule has 1 aromatic rings. The SMILES string of the molecule is COc1cc(OC)c(OC)cc1/C=C/C(=O)N[C@H]1CCCC[C@@H]1C. The lowest BCUT2D eigenvalue weighted by atomic mass is 9.86. The van der Waals surface area contributed by atoms with Gasteiger partial charge in [0.15, 0.2) is 11.5 Å². The van der Waals surface area contributed by atoms with Crippen molar-refractivity contribution in [1.29, 1.82) is 0 Å². The molecule has 1 saturated carbocycles. The summed E-state index contributed by atoms with van der Waals surface area (Å²) in [5.74, 6) is 2.27. The fourth-order valence-corrected chi connectivity index (χ4v) is 3.11. The summed E-state index contributed by atoms with van der Waals surface area (Å²) in [7, 11) is 4.74. The highest BCUT2D eigenvalue weighted by molar-refractivity contribution is 5.92. The van der Waals surface area contributed by atoms with Gasteiger partial charge >= 0.3 is 0 Å². The molecular formula is C19H27NO4. The van der Waals surface area contributed by atoms with Crippen LogP contribution < -0.4 is 19.5 Å². The molecule has 1 fully saturated rings. The topological polar surface area (TPSA) is 56.8 Å². The van der Waals surface area contributed by atoms with Crippen LogP contribution in [-0.4, -0.2) is 33.3 Å². The molecule has 132 valence electrons. The van der Waals surface area contributed by atoms with Crippen LogP contribution in [0.15, 0.2) is 18.2 Å². The van der Waals surface area contributed by atoms with Gasteiger partial charge in [-0.05, 0) is 30.9 Å². The molecule has 5 nitrogen and oxygen atoms in total. The maximum atomic E-state index is 12.2. The summed E-state index contributed by atoms with van der Waals surface area (Å²) >= 11 is 0. The summed E-state index contributed by atoms with van der Waals surface area (Å²) in [4.78, 5) is 12.2. The van der Waals surface area contributed by atoms with Crippen molar-refractivity contribution in [2.75, 3.05) is 21.3 Å². The van der Waals surface area contributed by atoms with Gasteiger partial charge in [-0.3, -0.25) is 4.79 Å². The molecule has 0 aliphatic heterocycles. The molecule has 0 saturated heterocycles. The predicted octanol–water partition coefficient (Wildman–Crippen LogP) is 3.42.